The molecule has 0 bridgehead atoms. The van der Waals surface area contributed by atoms with Crippen LogP contribution >= 0.6 is 0 Å². The molecule has 2 aromatic carbocycles. The summed E-state index contributed by atoms with van der Waals surface area (Å²) in [4.78, 5) is 0. The van der Waals surface area contributed by atoms with Gasteiger partial charge >= 0.3 is 0 Å². The lowest BCUT2D eigenvalue weighted by atomic mass is 9.76. The van der Waals surface area contributed by atoms with Crippen molar-refractivity contribution in [2.45, 2.75) is 98.2 Å². The van der Waals surface area contributed by atoms with Crippen molar-refractivity contribution in [1.29, 1.82) is 0 Å². The molecule has 0 saturated heterocycles. The van der Waals surface area contributed by atoms with Gasteiger partial charge in [0.15, 0.2) is 0 Å². The Balaban J connectivity index is 2.37. The maximum Gasteiger partial charge on any atom is 0.111 e. The molecule has 6 heteroatoms. The summed E-state index contributed by atoms with van der Waals surface area (Å²) in [5, 5.41) is 61.7. The molecule has 0 amide bonds. The van der Waals surface area contributed by atoms with Crippen LogP contribution in [0.2, 0.25) is 0 Å². The first-order chi connectivity index (χ1) is 16.8. The minimum absolute atomic E-state index is 0.0274. The van der Waals surface area contributed by atoms with Gasteiger partial charge in [0, 0.05) is 0 Å². The maximum atomic E-state index is 11.3. The van der Waals surface area contributed by atoms with E-state index in [2.05, 4.69) is 52.0 Å². The Morgan fingerprint density at radius 2 is 1.06 bits per heavy atom. The standard InChI is InChI=1S/C30H46O6/c1-16-8-10-18(3)23(21(16)6)13-12-20(5)25(14-24-19(4)11-9-17(2)22(24)7)27(33)29(35)30(36)28(34)26(32)15-31/h8-11,20,25-36H,12-15H2,1-7H3/t20?,25?,26-,27?,28+,29+,30-/m0/s1. The van der Waals surface area contributed by atoms with Crippen LogP contribution in [0.5, 0.6) is 0 Å². The summed E-state index contributed by atoms with van der Waals surface area (Å²) < 4.78 is 0. The number of hydrogen-bond donors (Lipinski definition) is 6. The zero-order chi connectivity index (χ0) is 27.3. The van der Waals surface area contributed by atoms with E-state index in [9.17, 15) is 25.5 Å². The number of benzene rings is 2. The molecule has 2 aromatic rings. The van der Waals surface area contributed by atoms with Crippen molar-refractivity contribution < 1.29 is 30.6 Å². The highest BCUT2D eigenvalue weighted by molar-refractivity contribution is 5.40. The second-order valence-corrected chi connectivity index (χ2v) is 10.7. The van der Waals surface area contributed by atoms with E-state index >= 15 is 0 Å². The minimum Gasteiger partial charge on any atom is -0.394 e. The summed E-state index contributed by atoms with van der Waals surface area (Å²) in [6.07, 6.45) is -6.17. The molecule has 0 spiro atoms. The Labute approximate surface area is 216 Å². The zero-order valence-corrected chi connectivity index (χ0v) is 22.9. The monoisotopic (exact) mass is 502 g/mol. The molecule has 0 saturated carbocycles. The lowest BCUT2D eigenvalue weighted by Crippen LogP contribution is -2.52. The Morgan fingerprint density at radius 1 is 0.611 bits per heavy atom. The number of aliphatic hydroxyl groups excluding tert-OH is 6. The lowest BCUT2D eigenvalue weighted by Gasteiger charge is -2.36. The summed E-state index contributed by atoms with van der Waals surface area (Å²) >= 11 is 0. The van der Waals surface area contributed by atoms with Crippen molar-refractivity contribution >= 4 is 0 Å². The SMILES string of the molecule is Cc1ccc(C)c(CCC(C)C(Cc2c(C)ccc(C)c2C)C(O)[C@@H](O)[C@@H](O)[C@H](O)[C@@H](O)CO)c1C. The third-order valence-electron chi connectivity index (χ3n) is 8.30. The van der Waals surface area contributed by atoms with Crippen LogP contribution in [-0.2, 0) is 12.8 Å². The third-order valence-corrected chi connectivity index (χ3v) is 8.30. The van der Waals surface area contributed by atoms with Crippen molar-refractivity contribution in [3.63, 3.8) is 0 Å². The van der Waals surface area contributed by atoms with Gasteiger partial charge in [0.2, 0.25) is 0 Å². The number of aliphatic hydroxyl groups is 6. The van der Waals surface area contributed by atoms with Gasteiger partial charge in [-0.3, -0.25) is 0 Å². The van der Waals surface area contributed by atoms with Crippen LogP contribution in [0.4, 0.5) is 0 Å². The first kappa shape index (κ1) is 30.4. The second-order valence-electron chi connectivity index (χ2n) is 10.7. The molecule has 0 heterocycles. The van der Waals surface area contributed by atoms with Crippen LogP contribution in [0.25, 0.3) is 0 Å². The van der Waals surface area contributed by atoms with Gasteiger partial charge < -0.3 is 30.6 Å². The van der Waals surface area contributed by atoms with Crippen LogP contribution < -0.4 is 0 Å². The quantitative estimate of drug-likeness (QED) is 0.265. The molecule has 0 aliphatic carbocycles. The van der Waals surface area contributed by atoms with Crippen molar-refractivity contribution in [2.75, 3.05) is 6.61 Å². The van der Waals surface area contributed by atoms with Crippen LogP contribution in [0.3, 0.4) is 0 Å². The van der Waals surface area contributed by atoms with Gasteiger partial charge in [-0.15, -0.1) is 0 Å². The molecule has 0 aromatic heterocycles. The van der Waals surface area contributed by atoms with E-state index in [1.807, 2.05) is 20.8 Å². The third kappa shape index (κ3) is 6.94. The molecule has 0 aliphatic rings. The van der Waals surface area contributed by atoms with Crippen molar-refractivity contribution in [2.24, 2.45) is 11.8 Å². The molecule has 6 nitrogen and oxygen atoms in total. The van der Waals surface area contributed by atoms with Crippen LogP contribution in [0.15, 0.2) is 24.3 Å². The number of hydrogen-bond acceptors (Lipinski definition) is 6. The highest BCUT2D eigenvalue weighted by Gasteiger charge is 2.39. The fraction of sp³-hybridized carbons (Fsp3) is 0.600. The fourth-order valence-electron chi connectivity index (χ4n) is 5.19. The van der Waals surface area contributed by atoms with Crippen LogP contribution in [0.1, 0.15) is 57.9 Å². The molecule has 7 atom stereocenters. The molecule has 36 heavy (non-hydrogen) atoms. The Bertz CT molecular complexity index is 1000. The van der Waals surface area contributed by atoms with E-state index in [4.69, 9.17) is 5.11 Å². The molecule has 0 radical (unpaired) electrons. The molecule has 0 fully saturated rings. The van der Waals surface area contributed by atoms with Gasteiger partial charge in [-0.1, -0.05) is 31.2 Å². The zero-order valence-electron chi connectivity index (χ0n) is 22.9. The van der Waals surface area contributed by atoms with Crippen molar-refractivity contribution in [1.82, 2.24) is 0 Å². The van der Waals surface area contributed by atoms with E-state index in [-0.39, 0.29) is 5.92 Å². The van der Waals surface area contributed by atoms with Crippen molar-refractivity contribution in [3.8, 4) is 0 Å². The molecule has 3 unspecified atom stereocenters. The van der Waals surface area contributed by atoms with E-state index in [0.29, 0.717) is 6.42 Å². The lowest BCUT2D eigenvalue weighted by molar-refractivity contribution is -0.152. The maximum absolute atomic E-state index is 11.3. The molecule has 202 valence electrons. The second kappa shape index (κ2) is 13.1. The normalized spacial score (nSPS) is 17.8. The van der Waals surface area contributed by atoms with Crippen LogP contribution in [0, 0.1) is 53.4 Å². The van der Waals surface area contributed by atoms with E-state index in [0.717, 1.165) is 35.1 Å². The minimum atomic E-state index is -1.81. The largest absolute Gasteiger partial charge is 0.394 e. The van der Waals surface area contributed by atoms with Crippen molar-refractivity contribution in [3.05, 3.63) is 68.8 Å². The summed E-state index contributed by atoms with van der Waals surface area (Å²) in [6.45, 7) is 13.7. The average molecular weight is 503 g/mol. The molecular weight excluding hydrogens is 456 g/mol. The van der Waals surface area contributed by atoms with Crippen LogP contribution in [-0.4, -0.2) is 67.8 Å². The predicted molar refractivity (Wildman–Crippen MR) is 143 cm³/mol. The average Bonchev–Trinajstić information content (AvgIpc) is 2.86. The smallest absolute Gasteiger partial charge is 0.111 e. The first-order valence-electron chi connectivity index (χ1n) is 12.9. The first-order valence-corrected chi connectivity index (χ1v) is 12.9. The van der Waals surface area contributed by atoms with Gasteiger partial charge in [-0.2, -0.15) is 0 Å². The predicted octanol–water partition coefficient (Wildman–Crippen LogP) is 2.76. The highest BCUT2D eigenvalue weighted by Crippen LogP contribution is 2.32. The molecule has 6 N–H and O–H groups in total. The molecule has 2 rings (SSSR count). The van der Waals surface area contributed by atoms with E-state index in [1.165, 1.54) is 22.3 Å². The number of rotatable bonds is 12. The van der Waals surface area contributed by atoms with E-state index in [1.54, 1.807) is 0 Å². The summed E-state index contributed by atoms with van der Waals surface area (Å²) in [6, 6.07) is 8.37. The topological polar surface area (TPSA) is 121 Å². The molecule has 0 aliphatic heterocycles. The van der Waals surface area contributed by atoms with Gasteiger partial charge in [0.05, 0.1) is 12.7 Å². The Hall–Kier alpha value is -1.80. The van der Waals surface area contributed by atoms with E-state index < -0.39 is 43.0 Å². The molecular formula is C30H46O6. The summed E-state index contributed by atoms with van der Waals surface area (Å²) in [7, 11) is 0. The van der Waals surface area contributed by atoms with Gasteiger partial charge in [-0.05, 0) is 117 Å². The van der Waals surface area contributed by atoms with Gasteiger partial charge in [-0.25, -0.2) is 0 Å². The Kier molecular flexibility index (Phi) is 11.1. The summed E-state index contributed by atoms with van der Waals surface area (Å²) in [5.74, 6) is -0.446. The van der Waals surface area contributed by atoms with Gasteiger partial charge in [0.1, 0.15) is 24.4 Å². The van der Waals surface area contributed by atoms with Gasteiger partial charge in [0.25, 0.3) is 0 Å². The number of aryl methyl sites for hydroxylation is 4. The Morgan fingerprint density at radius 3 is 1.58 bits per heavy atom. The highest BCUT2D eigenvalue weighted by atomic mass is 16.4. The fourth-order valence-corrected chi connectivity index (χ4v) is 5.19. The summed E-state index contributed by atoms with van der Waals surface area (Å²) in [5.41, 5.74) is 9.50.